The molecule has 0 unspecified atom stereocenters. The van der Waals surface area contributed by atoms with Gasteiger partial charge in [0.1, 0.15) is 11.5 Å². The first-order valence-corrected chi connectivity index (χ1v) is 8.74. The third-order valence-electron chi connectivity index (χ3n) is 4.73. The number of amides is 1. The summed E-state index contributed by atoms with van der Waals surface area (Å²) in [5.41, 5.74) is 0.876. The Morgan fingerprint density at radius 1 is 1.40 bits per heavy atom. The molecule has 0 aromatic heterocycles. The quantitative estimate of drug-likeness (QED) is 0.764. The van der Waals surface area contributed by atoms with Crippen molar-refractivity contribution in [1.82, 2.24) is 4.90 Å². The van der Waals surface area contributed by atoms with Crippen LogP contribution in [-0.4, -0.2) is 42.9 Å². The number of carbonyl (C=O) groups is 2. The number of ether oxygens (including phenoxy) is 2. The Morgan fingerprint density at radius 2 is 2.16 bits per heavy atom. The molecule has 1 saturated heterocycles. The SMILES string of the molecule is CCOc1ccc2c(c1)C[C@H](C(=O)[C@H](C#N)C(=O)N1CCCC1)CO2. The summed E-state index contributed by atoms with van der Waals surface area (Å²) in [6.45, 7) is 3.93. The smallest absolute Gasteiger partial charge is 0.247 e. The summed E-state index contributed by atoms with van der Waals surface area (Å²) in [6.07, 6.45) is 2.32. The number of nitriles is 1. The molecule has 1 aromatic rings. The molecule has 1 amide bonds. The topological polar surface area (TPSA) is 79.6 Å². The summed E-state index contributed by atoms with van der Waals surface area (Å²) in [5.74, 6) is -0.968. The molecule has 6 nitrogen and oxygen atoms in total. The summed E-state index contributed by atoms with van der Waals surface area (Å²) in [7, 11) is 0. The Hall–Kier alpha value is -2.55. The molecule has 3 rings (SSSR count). The van der Waals surface area contributed by atoms with Crippen LogP contribution in [0.3, 0.4) is 0 Å². The van der Waals surface area contributed by atoms with Gasteiger partial charge >= 0.3 is 0 Å². The molecule has 6 heteroatoms. The van der Waals surface area contributed by atoms with Crippen LogP contribution in [0.2, 0.25) is 0 Å². The number of nitrogens with zero attached hydrogens (tertiary/aromatic N) is 2. The normalized spacial score (nSPS) is 20.2. The molecule has 1 fully saturated rings. The van der Waals surface area contributed by atoms with Crippen LogP contribution in [0.15, 0.2) is 18.2 Å². The second-order valence-electron chi connectivity index (χ2n) is 6.41. The lowest BCUT2D eigenvalue weighted by atomic mass is 9.86. The Kier molecular flexibility index (Phi) is 5.22. The van der Waals surface area contributed by atoms with Crippen LogP contribution in [0, 0.1) is 23.2 Å². The van der Waals surface area contributed by atoms with Gasteiger partial charge in [-0.25, -0.2) is 0 Å². The Bertz CT molecular complexity index is 704. The number of rotatable bonds is 5. The van der Waals surface area contributed by atoms with Gasteiger partial charge in [-0.2, -0.15) is 5.26 Å². The van der Waals surface area contributed by atoms with Crippen molar-refractivity contribution in [2.24, 2.45) is 11.8 Å². The standard InChI is InChI=1S/C19H22N2O4/c1-2-24-15-5-6-17-13(10-15)9-14(12-25-17)18(22)16(11-20)19(23)21-7-3-4-8-21/h5-6,10,14,16H,2-4,7-9,12H2,1H3/t14-,16-/m0/s1. The van der Waals surface area contributed by atoms with Crippen LogP contribution in [0.4, 0.5) is 0 Å². The van der Waals surface area contributed by atoms with Crippen molar-refractivity contribution in [1.29, 1.82) is 5.26 Å². The zero-order valence-corrected chi connectivity index (χ0v) is 14.4. The third-order valence-corrected chi connectivity index (χ3v) is 4.73. The van der Waals surface area contributed by atoms with E-state index in [1.165, 1.54) is 0 Å². The van der Waals surface area contributed by atoms with E-state index in [0.717, 1.165) is 29.9 Å². The van der Waals surface area contributed by atoms with Crippen LogP contribution >= 0.6 is 0 Å². The first-order valence-electron chi connectivity index (χ1n) is 8.74. The molecule has 0 aliphatic carbocycles. The molecule has 0 spiro atoms. The van der Waals surface area contributed by atoms with Crippen LogP contribution in [-0.2, 0) is 16.0 Å². The van der Waals surface area contributed by atoms with Crippen LogP contribution in [0.1, 0.15) is 25.3 Å². The molecule has 2 aliphatic heterocycles. The van der Waals surface area contributed by atoms with Crippen molar-refractivity contribution < 1.29 is 19.1 Å². The molecule has 2 atom stereocenters. The predicted molar refractivity (Wildman–Crippen MR) is 90.2 cm³/mol. The van der Waals surface area contributed by atoms with E-state index in [1.54, 1.807) is 4.90 Å². The van der Waals surface area contributed by atoms with Crippen molar-refractivity contribution in [3.05, 3.63) is 23.8 Å². The number of fused-ring (bicyclic) bond motifs is 1. The lowest BCUT2D eigenvalue weighted by molar-refractivity contribution is -0.140. The molecule has 0 saturated carbocycles. The van der Waals surface area contributed by atoms with Crippen molar-refractivity contribution in [2.75, 3.05) is 26.3 Å². The van der Waals surface area contributed by atoms with Crippen LogP contribution < -0.4 is 9.47 Å². The molecule has 1 aromatic carbocycles. The van der Waals surface area contributed by atoms with Gasteiger partial charge in [0.15, 0.2) is 11.7 Å². The minimum Gasteiger partial charge on any atom is -0.494 e. The zero-order valence-electron chi connectivity index (χ0n) is 14.4. The van der Waals surface area contributed by atoms with Crippen LogP contribution in [0.5, 0.6) is 11.5 Å². The van der Waals surface area contributed by atoms with E-state index in [-0.39, 0.29) is 18.3 Å². The summed E-state index contributed by atoms with van der Waals surface area (Å²) < 4.78 is 11.2. The summed E-state index contributed by atoms with van der Waals surface area (Å²) in [6, 6.07) is 7.44. The highest BCUT2D eigenvalue weighted by Crippen LogP contribution is 2.32. The molecule has 0 bridgehead atoms. The molecule has 25 heavy (non-hydrogen) atoms. The van der Waals surface area contributed by atoms with E-state index in [9.17, 15) is 14.9 Å². The molecular weight excluding hydrogens is 320 g/mol. The molecule has 2 aliphatic rings. The van der Waals surface area contributed by atoms with Gasteiger partial charge in [0.2, 0.25) is 5.91 Å². The van der Waals surface area contributed by atoms with Crippen molar-refractivity contribution >= 4 is 11.7 Å². The van der Waals surface area contributed by atoms with E-state index in [1.807, 2.05) is 31.2 Å². The fourth-order valence-corrected chi connectivity index (χ4v) is 3.41. The first kappa shape index (κ1) is 17.3. The largest absolute Gasteiger partial charge is 0.494 e. The van der Waals surface area contributed by atoms with Gasteiger partial charge in [-0.15, -0.1) is 0 Å². The zero-order chi connectivity index (χ0) is 17.8. The maximum absolute atomic E-state index is 12.8. The minimum absolute atomic E-state index is 0.200. The number of likely N-dealkylation sites (tertiary alicyclic amines) is 1. The summed E-state index contributed by atoms with van der Waals surface area (Å²) >= 11 is 0. The number of benzene rings is 1. The van der Waals surface area contributed by atoms with Crippen molar-refractivity contribution in [3.63, 3.8) is 0 Å². The predicted octanol–water partition coefficient (Wildman–Crippen LogP) is 1.97. The summed E-state index contributed by atoms with van der Waals surface area (Å²) in [4.78, 5) is 26.9. The van der Waals surface area contributed by atoms with E-state index in [0.29, 0.717) is 26.1 Å². The Balaban J connectivity index is 1.73. The third kappa shape index (κ3) is 3.60. The van der Waals surface area contributed by atoms with Crippen molar-refractivity contribution in [2.45, 2.75) is 26.2 Å². The Labute approximate surface area is 147 Å². The average Bonchev–Trinajstić information content (AvgIpc) is 3.16. The lowest BCUT2D eigenvalue weighted by Gasteiger charge is -2.27. The van der Waals surface area contributed by atoms with E-state index < -0.39 is 11.8 Å². The van der Waals surface area contributed by atoms with E-state index in [4.69, 9.17) is 9.47 Å². The maximum Gasteiger partial charge on any atom is 0.247 e. The average molecular weight is 342 g/mol. The fraction of sp³-hybridized carbons (Fsp3) is 0.526. The highest BCUT2D eigenvalue weighted by atomic mass is 16.5. The molecule has 0 N–H and O–H groups in total. The number of carbonyl (C=O) groups excluding carboxylic acids is 2. The lowest BCUT2D eigenvalue weighted by Crippen LogP contribution is -2.41. The number of ketones is 1. The molecule has 2 heterocycles. The molecule has 132 valence electrons. The number of hydrogen-bond acceptors (Lipinski definition) is 5. The first-order chi connectivity index (χ1) is 12.1. The highest BCUT2D eigenvalue weighted by Gasteiger charge is 2.38. The van der Waals surface area contributed by atoms with Gasteiger partial charge in [0, 0.05) is 13.1 Å². The second-order valence-corrected chi connectivity index (χ2v) is 6.41. The van der Waals surface area contributed by atoms with Crippen molar-refractivity contribution in [3.8, 4) is 17.6 Å². The molecular formula is C19H22N2O4. The maximum atomic E-state index is 12.8. The van der Waals surface area contributed by atoms with E-state index in [2.05, 4.69) is 0 Å². The van der Waals surface area contributed by atoms with Gasteiger partial charge < -0.3 is 14.4 Å². The molecule has 0 radical (unpaired) electrons. The van der Waals surface area contributed by atoms with Gasteiger partial charge in [-0.05, 0) is 49.9 Å². The second kappa shape index (κ2) is 7.56. The minimum atomic E-state index is -1.23. The Morgan fingerprint density at radius 3 is 2.84 bits per heavy atom. The van der Waals surface area contributed by atoms with Gasteiger partial charge in [-0.1, -0.05) is 0 Å². The highest BCUT2D eigenvalue weighted by molar-refractivity contribution is 6.05. The number of hydrogen-bond donors (Lipinski definition) is 0. The number of Topliss-reactive ketones (excluding diaryl/α,β-unsaturated/α-hetero) is 1. The van der Waals surface area contributed by atoms with Gasteiger partial charge in [-0.3, -0.25) is 9.59 Å². The van der Waals surface area contributed by atoms with Gasteiger partial charge in [0.05, 0.1) is 25.2 Å². The van der Waals surface area contributed by atoms with E-state index >= 15 is 0 Å². The van der Waals surface area contributed by atoms with Crippen LogP contribution in [0.25, 0.3) is 0 Å². The monoisotopic (exact) mass is 342 g/mol. The summed E-state index contributed by atoms with van der Waals surface area (Å²) in [5, 5.41) is 9.39. The van der Waals surface area contributed by atoms with Gasteiger partial charge in [0.25, 0.3) is 0 Å². The fourth-order valence-electron chi connectivity index (χ4n) is 3.41.